The Bertz CT molecular complexity index is 318. The monoisotopic (exact) mass is 287 g/mol. The molecule has 0 aliphatic carbocycles. The summed E-state index contributed by atoms with van der Waals surface area (Å²) in [7, 11) is 3.59. The Labute approximate surface area is 105 Å². The van der Waals surface area contributed by atoms with Crippen molar-refractivity contribution in [1.29, 1.82) is 0 Å². The Balaban J connectivity index is 2.34. The summed E-state index contributed by atoms with van der Waals surface area (Å²) >= 11 is 3.47. The molecule has 1 N–H and O–H groups in total. The number of nitrogens with one attached hydrogen (secondary N) is 1. The Hall–Kier alpha value is -0.580. The molecule has 0 aliphatic rings. The van der Waals surface area contributed by atoms with Crippen LogP contribution in [0.4, 0.5) is 0 Å². The third-order valence-electron chi connectivity index (χ3n) is 2.25. The number of likely N-dealkylation sites (N-methyl/N-ethyl adjacent to an activating group) is 1. The number of benzene rings is 1. The second-order valence-electron chi connectivity index (χ2n) is 3.43. The SMILES string of the molecule is CNCCOCCc1ccc(OC)c(Br)c1. The fourth-order valence-electron chi connectivity index (χ4n) is 1.33. The second-order valence-corrected chi connectivity index (χ2v) is 4.29. The molecule has 0 fully saturated rings. The van der Waals surface area contributed by atoms with Crippen LogP contribution in [0.3, 0.4) is 0 Å². The van der Waals surface area contributed by atoms with Gasteiger partial charge in [0.25, 0.3) is 0 Å². The maximum absolute atomic E-state index is 5.47. The molecule has 0 spiro atoms. The van der Waals surface area contributed by atoms with Crippen LogP contribution in [0.1, 0.15) is 5.56 Å². The fraction of sp³-hybridized carbons (Fsp3) is 0.500. The molecular formula is C12H18BrNO2. The van der Waals surface area contributed by atoms with Gasteiger partial charge < -0.3 is 14.8 Å². The molecule has 4 heteroatoms. The average Bonchev–Trinajstić information content (AvgIpc) is 2.29. The van der Waals surface area contributed by atoms with Crippen LogP contribution in [0.2, 0.25) is 0 Å². The summed E-state index contributed by atoms with van der Waals surface area (Å²) in [6, 6.07) is 6.10. The molecule has 1 aromatic rings. The predicted molar refractivity (Wildman–Crippen MR) is 69.1 cm³/mol. The van der Waals surface area contributed by atoms with Gasteiger partial charge >= 0.3 is 0 Å². The van der Waals surface area contributed by atoms with E-state index in [1.165, 1.54) is 5.56 Å². The smallest absolute Gasteiger partial charge is 0.133 e. The highest BCUT2D eigenvalue weighted by Gasteiger charge is 2.01. The average molecular weight is 288 g/mol. The molecule has 3 nitrogen and oxygen atoms in total. The second kappa shape index (κ2) is 7.65. The Kier molecular flexibility index (Phi) is 6.45. The van der Waals surface area contributed by atoms with Gasteiger partial charge in [-0.15, -0.1) is 0 Å². The molecule has 0 amide bonds. The summed E-state index contributed by atoms with van der Waals surface area (Å²) in [5.74, 6) is 0.861. The molecule has 0 saturated heterocycles. The maximum Gasteiger partial charge on any atom is 0.133 e. The standard InChI is InChI=1S/C12H18BrNO2/c1-14-6-8-16-7-5-10-3-4-12(15-2)11(13)9-10/h3-4,9,14H,5-8H2,1-2H3. The van der Waals surface area contributed by atoms with Gasteiger partial charge in [0.1, 0.15) is 5.75 Å². The van der Waals surface area contributed by atoms with Gasteiger partial charge in [0.05, 0.1) is 24.8 Å². The van der Waals surface area contributed by atoms with Crippen molar-refractivity contribution in [1.82, 2.24) is 5.32 Å². The van der Waals surface area contributed by atoms with Gasteiger partial charge in [-0.05, 0) is 47.1 Å². The van der Waals surface area contributed by atoms with Crippen molar-refractivity contribution in [2.45, 2.75) is 6.42 Å². The zero-order valence-electron chi connectivity index (χ0n) is 9.75. The van der Waals surface area contributed by atoms with Crippen molar-refractivity contribution in [2.24, 2.45) is 0 Å². The molecule has 1 rings (SSSR count). The van der Waals surface area contributed by atoms with Gasteiger partial charge in [0, 0.05) is 6.54 Å². The molecule has 1 aromatic carbocycles. The van der Waals surface area contributed by atoms with Crippen molar-refractivity contribution in [3.05, 3.63) is 28.2 Å². The van der Waals surface area contributed by atoms with Crippen molar-refractivity contribution < 1.29 is 9.47 Å². The predicted octanol–water partition coefficient (Wildman–Crippen LogP) is 2.24. The van der Waals surface area contributed by atoms with Gasteiger partial charge in [0.15, 0.2) is 0 Å². The summed E-state index contributed by atoms with van der Waals surface area (Å²) in [4.78, 5) is 0. The van der Waals surface area contributed by atoms with Crippen LogP contribution in [-0.4, -0.2) is 33.9 Å². The highest BCUT2D eigenvalue weighted by molar-refractivity contribution is 9.10. The number of ether oxygens (including phenoxy) is 2. The lowest BCUT2D eigenvalue weighted by Crippen LogP contribution is -2.15. The lowest BCUT2D eigenvalue weighted by Gasteiger charge is -2.07. The summed E-state index contributed by atoms with van der Waals surface area (Å²) in [5, 5.41) is 3.04. The van der Waals surface area contributed by atoms with Crippen molar-refractivity contribution in [2.75, 3.05) is 33.9 Å². The summed E-state index contributed by atoms with van der Waals surface area (Å²) in [6.07, 6.45) is 0.923. The van der Waals surface area contributed by atoms with E-state index in [0.29, 0.717) is 0 Å². The summed E-state index contributed by atoms with van der Waals surface area (Å²) in [6.45, 7) is 2.40. The quantitative estimate of drug-likeness (QED) is 0.781. The van der Waals surface area contributed by atoms with Crippen LogP contribution in [0.5, 0.6) is 5.75 Å². The van der Waals surface area contributed by atoms with Gasteiger partial charge in [-0.2, -0.15) is 0 Å². The van der Waals surface area contributed by atoms with E-state index >= 15 is 0 Å². The van der Waals surface area contributed by atoms with Crippen LogP contribution in [0.25, 0.3) is 0 Å². The Morgan fingerprint density at radius 2 is 2.12 bits per heavy atom. The van der Waals surface area contributed by atoms with Gasteiger partial charge in [0.2, 0.25) is 0 Å². The third kappa shape index (κ3) is 4.51. The number of halogens is 1. The third-order valence-corrected chi connectivity index (χ3v) is 2.87. The zero-order chi connectivity index (χ0) is 11.8. The van der Waals surface area contributed by atoms with Crippen LogP contribution >= 0.6 is 15.9 Å². The molecule has 0 aromatic heterocycles. The van der Waals surface area contributed by atoms with E-state index in [1.54, 1.807) is 7.11 Å². The van der Waals surface area contributed by atoms with Gasteiger partial charge in [-0.1, -0.05) is 6.07 Å². The molecular weight excluding hydrogens is 270 g/mol. The first kappa shape index (κ1) is 13.5. The van der Waals surface area contributed by atoms with Crippen LogP contribution < -0.4 is 10.1 Å². The van der Waals surface area contributed by atoms with Crippen molar-refractivity contribution >= 4 is 15.9 Å². The minimum absolute atomic E-state index is 0.750. The molecule has 0 aliphatic heterocycles. The van der Waals surface area contributed by atoms with Crippen LogP contribution in [0.15, 0.2) is 22.7 Å². The largest absolute Gasteiger partial charge is 0.496 e. The minimum Gasteiger partial charge on any atom is -0.496 e. The first-order valence-corrected chi connectivity index (χ1v) is 6.12. The van der Waals surface area contributed by atoms with E-state index in [9.17, 15) is 0 Å². The lowest BCUT2D eigenvalue weighted by molar-refractivity contribution is 0.140. The Morgan fingerprint density at radius 1 is 1.31 bits per heavy atom. The van der Waals surface area contributed by atoms with Crippen molar-refractivity contribution in [3.63, 3.8) is 0 Å². The molecule has 0 radical (unpaired) electrons. The van der Waals surface area contributed by atoms with Crippen LogP contribution in [-0.2, 0) is 11.2 Å². The summed E-state index contributed by atoms with van der Waals surface area (Å²) < 4.78 is 11.6. The molecule has 0 atom stereocenters. The Morgan fingerprint density at radius 3 is 2.75 bits per heavy atom. The first-order chi connectivity index (χ1) is 7.77. The first-order valence-electron chi connectivity index (χ1n) is 5.32. The fourth-order valence-corrected chi connectivity index (χ4v) is 1.92. The number of hydrogen-bond acceptors (Lipinski definition) is 3. The highest BCUT2D eigenvalue weighted by Crippen LogP contribution is 2.25. The maximum atomic E-state index is 5.47. The molecule has 16 heavy (non-hydrogen) atoms. The number of hydrogen-bond donors (Lipinski definition) is 1. The normalized spacial score (nSPS) is 10.4. The number of rotatable bonds is 7. The van der Waals surface area contributed by atoms with Gasteiger partial charge in [-0.3, -0.25) is 0 Å². The molecule has 0 unspecified atom stereocenters. The van der Waals surface area contributed by atoms with E-state index in [-0.39, 0.29) is 0 Å². The van der Waals surface area contributed by atoms with E-state index in [1.807, 2.05) is 13.1 Å². The van der Waals surface area contributed by atoms with Crippen LogP contribution in [0, 0.1) is 0 Å². The van der Waals surface area contributed by atoms with Gasteiger partial charge in [-0.25, -0.2) is 0 Å². The molecule has 90 valence electrons. The molecule has 0 bridgehead atoms. The molecule has 0 saturated carbocycles. The van der Waals surface area contributed by atoms with Crippen molar-refractivity contribution in [3.8, 4) is 5.75 Å². The number of methoxy groups -OCH3 is 1. The zero-order valence-corrected chi connectivity index (χ0v) is 11.3. The van der Waals surface area contributed by atoms with E-state index < -0.39 is 0 Å². The molecule has 0 heterocycles. The topological polar surface area (TPSA) is 30.5 Å². The van der Waals surface area contributed by atoms with E-state index in [4.69, 9.17) is 9.47 Å². The highest BCUT2D eigenvalue weighted by atomic mass is 79.9. The lowest BCUT2D eigenvalue weighted by atomic mass is 10.1. The summed E-state index contributed by atoms with van der Waals surface area (Å²) in [5.41, 5.74) is 1.25. The van der Waals surface area contributed by atoms with E-state index in [2.05, 4.69) is 33.4 Å². The minimum atomic E-state index is 0.750. The van der Waals surface area contributed by atoms with E-state index in [0.717, 1.165) is 36.4 Å².